The fourth-order valence-electron chi connectivity index (χ4n) is 2.15. The second kappa shape index (κ2) is 6.42. The van der Waals surface area contributed by atoms with Crippen LogP contribution in [0.3, 0.4) is 0 Å². The third-order valence-electron chi connectivity index (χ3n) is 3.08. The van der Waals surface area contributed by atoms with Crippen LogP contribution in [0.4, 0.5) is 0 Å². The number of halogens is 2. The highest BCUT2D eigenvalue weighted by Crippen LogP contribution is 2.34. The van der Waals surface area contributed by atoms with E-state index in [0.29, 0.717) is 15.6 Å². The molecule has 2 aromatic carbocycles. The average molecular weight is 295 g/mol. The second-order valence-electron chi connectivity index (χ2n) is 4.53. The van der Waals surface area contributed by atoms with E-state index >= 15 is 0 Å². The van der Waals surface area contributed by atoms with Crippen LogP contribution in [0.1, 0.15) is 36.1 Å². The minimum absolute atomic E-state index is 0.487. The minimum Gasteiger partial charge on any atom is -0.384 e. The van der Waals surface area contributed by atoms with E-state index in [4.69, 9.17) is 23.2 Å². The molecule has 0 saturated heterocycles. The number of aliphatic hydroxyl groups is 1. The van der Waals surface area contributed by atoms with E-state index in [1.807, 2.05) is 18.2 Å². The Morgan fingerprint density at radius 2 is 1.68 bits per heavy atom. The molecule has 1 N–H and O–H groups in total. The number of hydrogen-bond donors (Lipinski definition) is 1. The normalized spacial score (nSPS) is 12.4. The summed E-state index contributed by atoms with van der Waals surface area (Å²) in [5, 5.41) is 11.5. The second-order valence-corrected chi connectivity index (χ2v) is 5.35. The van der Waals surface area contributed by atoms with Crippen LogP contribution in [0.2, 0.25) is 10.0 Å². The molecule has 2 aromatic rings. The minimum atomic E-state index is -0.794. The van der Waals surface area contributed by atoms with Gasteiger partial charge in [0.25, 0.3) is 0 Å². The predicted octanol–water partition coefficient (Wildman–Crippen LogP) is 5.03. The Kier molecular flexibility index (Phi) is 4.87. The van der Waals surface area contributed by atoms with E-state index in [1.54, 1.807) is 18.2 Å². The first kappa shape index (κ1) is 14.4. The van der Waals surface area contributed by atoms with Crippen LogP contribution in [-0.2, 0) is 6.42 Å². The summed E-state index contributed by atoms with van der Waals surface area (Å²) in [6, 6.07) is 13.2. The molecule has 2 rings (SSSR count). The molecular weight excluding hydrogens is 279 g/mol. The van der Waals surface area contributed by atoms with Gasteiger partial charge in [0.05, 0.1) is 0 Å². The molecule has 3 heteroatoms. The maximum atomic E-state index is 10.5. The van der Waals surface area contributed by atoms with Gasteiger partial charge >= 0.3 is 0 Å². The van der Waals surface area contributed by atoms with Crippen molar-refractivity contribution in [3.05, 3.63) is 69.2 Å². The van der Waals surface area contributed by atoms with Crippen molar-refractivity contribution < 1.29 is 5.11 Å². The van der Waals surface area contributed by atoms with E-state index in [0.717, 1.165) is 18.4 Å². The molecule has 0 aliphatic rings. The van der Waals surface area contributed by atoms with Crippen molar-refractivity contribution in [3.8, 4) is 0 Å². The summed E-state index contributed by atoms with van der Waals surface area (Å²) in [6.45, 7) is 2.13. The van der Waals surface area contributed by atoms with Gasteiger partial charge in [0.15, 0.2) is 0 Å². The Bertz CT molecular complexity index is 546. The van der Waals surface area contributed by atoms with Crippen LogP contribution in [0, 0.1) is 0 Å². The average Bonchev–Trinajstić information content (AvgIpc) is 2.39. The predicted molar refractivity (Wildman–Crippen MR) is 81.0 cm³/mol. The highest BCUT2D eigenvalue weighted by atomic mass is 35.5. The first-order chi connectivity index (χ1) is 9.13. The summed E-state index contributed by atoms with van der Waals surface area (Å²) in [5.74, 6) is 0. The van der Waals surface area contributed by atoms with Gasteiger partial charge in [-0.05, 0) is 29.7 Å². The molecule has 1 nitrogen and oxygen atoms in total. The van der Waals surface area contributed by atoms with Gasteiger partial charge in [-0.25, -0.2) is 0 Å². The molecule has 0 aromatic heterocycles. The third kappa shape index (κ3) is 3.30. The Morgan fingerprint density at radius 3 is 2.32 bits per heavy atom. The van der Waals surface area contributed by atoms with E-state index in [1.165, 1.54) is 5.56 Å². The number of aliphatic hydroxyl groups excluding tert-OH is 1. The Hall–Kier alpha value is -1.02. The first-order valence-corrected chi connectivity index (χ1v) is 7.10. The van der Waals surface area contributed by atoms with E-state index in [-0.39, 0.29) is 0 Å². The molecule has 0 radical (unpaired) electrons. The van der Waals surface area contributed by atoms with Crippen molar-refractivity contribution in [3.63, 3.8) is 0 Å². The van der Waals surface area contributed by atoms with Gasteiger partial charge < -0.3 is 5.11 Å². The van der Waals surface area contributed by atoms with Crippen LogP contribution >= 0.6 is 23.2 Å². The van der Waals surface area contributed by atoms with Gasteiger partial charge in [0.1, 0.15) is 6.10 Å². The smallest absolute Gasteiger partial charge is 0.107 e. The number of rotatable bonds is 4. The summed E-state index contributed by atoms with van der Waals surface area (Å²) in [4.78, 5) is 0. The zero-order valence-electron chi connectivity index (χ0n) is 10.7. The lowest BCUT2D eigenvalue weighted by Crippen LogP contribution is -2.02. The molecule has 100 valence electrons. The molecule has 0 aliphatic carbocycles. The van der Waals surface area contributed by atoms with E-state index in [9.17, 15) is 5.11 Å². The molecule has 0 fully saturated rings. The fourth-order valence-corrected chi connectivity index (χ4v) is 2.75. The maximum absolute atomic E-state index is 10.5. The van der Waals surface area contributed by atoms with Gasteiger partial charge in [-0.15, -0.1) is 0 Å². The van der Waals surface area contributed by atoms with Gasteiger partial charge in [-0.1, -0.05) is 66.9 Å². The highest BCUT2D eigenvalue weighted by molar-refractivity contribution is 6.36. The van der Waals surface area contributed by atoms with Crippen molar-refractivity contribution in [2.75, 3.05) is 0 Å². The molecule has 0 bridgehead atoms. The molecule has 1 unspecified atom stereocenters. The molecule has 0 heterocycles. The lowest BCUT2D eigenvalue weighted by Gasteiger charge is -2.15. The summed E-state index contributed by atoms with van der Waals surface area (Å²) in [5.41, 5.74) is 2.60. The monoisotopic (exact) mass is 294 g/mol. The molecule has 0 spiro atoms. The van der Waals surface area contributed by atoms with Crippen molar-refractivity contribution in [1.29, 1.82) is 0 Å². The standard InChI is InChI=1S/C16H16Cl2O/c1-2-5-11-6-3-7-12(10-11)16(19)15-13(17)8-4-9-14(15)18/h3-4,6-10,16,19H,2,5H2,1H3. The van der Waals surface area contributed by atoms with Gasteiger partial charge in [0, 0.05) is 15.6 Å². The summed E-state index contributed by atoms with van der Waals surface area (Å²) >= 11 is 12.3. The molecule has 1 atom stereocenters. The molecular formula is C16H16Cl2O. The quantitative estimate of drug-likeness (QED) is 0.839. The van der Waals surface area contributed by atoms with E-state index < -0.39 is 6.10 Å². The van der Waals surface area contributed by atoms with Crippen molar-refractivity contribution in [2.24, 2.45) is 0 Å². The van der Waals surface area contributed by atoms with E-state index in [2.05, 4.69) is 13.0 Å². The maximum Gasteiger partial charge on any atom is 0.107 e. The molecule has 19 heavy (non-hydrogen) atoms. The van der Waals surface area contributed by atoms with Gasteiger partial charge in [-0.3, -0.25) is 0 Å². The van der Waals surface area contributed by atoms with Crippen LogP contribution in [0.25, 0.3) is 0 Å². The Labute approximate surface area is 123 Å². The van der Waals surface area contributed by atoms with Crippen LogP contribution in [0.15, 0.2) is 42.5 Å². The van der Waals surface area contributed by atoms with Gasteiger partial charge in [-0.2, -0.15) is 0 Å². The van der Waals surface area contributed by atoms with Crippen LogP contribution in [-0.4, -0.2) is 5.11 Å². The van der Waals surface area contributed by atoms with Crippen LogP contribution in [0.5, 0.6) is 0 Å². The summed E-state index contributed by atoms with van der Waals surface area (Å²) in [6.07, 6.45) is 1.28. The number of aryl methyl sites for hydroxylation is 1. The number of benzene rings is 2. The van der Waals surface area contributed by atoms with Crippen molar-refractivity contribution in [2.45, 2.75) is 25.9 Å². The SMILES string of the molecule is CCCc1cccc(C(O)c2c(Cl)cccc2Cl)c1. The number of hydrogen-bond acceptors (Lipinski definition) is 1. The summed E-state index contributed by atoms with van der Waals surface area (Å²) in [7, 11) is 0. The first-order valence-electron chi connectivity index (χ1n) is 6.34. The Balaban J connectivity index is 2.38. The van der Waals surface area contributed by atoms with Crippen LogP contribution < -0.4 is 0 Å². The fraction of sp³-hybridized carbons (Fsp3) is 0.250. The highest BCUT2D eigenvalue weighted by Gasteiger charge is 2.17. The molecule has 0 saturated carbocycles. The van der Waals surface area contributed by atoms with Crippen molar-refractivity contribution in [1.82, 2.24) is 0 Å². The lowest BCUT2D eigenvalue weighted by molar-refractivity contribution is 0.220. The zero-order valence-corrected chi connectivity index (χ0v) is 12.2. The molecule has 0 aliphatic heterocycles. The third-order valence-corrected chi connectivity index (χ3v) is 3.74. The topological polar surface area (TPSA) is 20.2 Å². The summed E-state index contributed by atoms with van der Waals surface area (Å²) < 4.78 is 0. The Morgan fingerprint density at radius 1 is 1.05 bits per heavy atom. The zero-order chi connectivity index (χ0) is 13.8. The van der Waals surface area contributed by atoms with Crippen molar-refractivity contribution >= 4 is 23.2 Å². The lowest BCUT2D eigenvalue weighted by atomic mass is 9.98. The largest absolute Gasteiger partial charge is 0.384 e. The molecule has 0 amide bonds. The van der Waals surface area contributed by atoms with Gasteiger partial charge in [0.2, 0.25) is 0 Å².